The van der Waals surface area contributed by atoms with Crippen LogP contribution in [-0.4, -0.2) is 26.0 Å². The van der Waals surface area contributed by atoms with Gasteiger partial charge in [-0.3, -0.25) is 0 Å². The predicted octanol–water partition coefficient (Wildman–Crippen LogP) is 2.12. The Hall–Kier alpha value is -1.03. The summed E-state index contributed by atoms with van der Waals surface area (Å²) < 4.78 is 27.5. The molecule has 1 aliphatic rings. The SMILES string of the molecule is CSC1CCCC1NS(=O)(=O)c1ccccc1C#N. The van der Waals surface area contributed by atoms with E-state index in [9.17, 15) is 8.42 Å². The normalized spacial score (nSPS) is 23.2. The average molecular weight is 296 g/mol. The van der Waals surface area contributed by atoms with Gasteiger partial charge in [-0.2, -0.15) is 17.0 Å². The zero-order valence-electron chi connectivity index (χ0n) is 10.7. The third kappa shape index (κ3) is 3.11. The summed E-state index contributed by atoms with van der Waals surface area (Å²) in [6, 6.07) is 8.19. The van der Waals surface area contributed by atoms with Gasteiger partial charge in [0.05, 0.1) is 10.5 Å². The van der Waals surface area contributed by atoms with Gasteiger partial charge in [0.15, 0.2) is 0 Å². The van der Waals surface area contributed by atoms with E-state index in [4.69, 9.17) is 5.26 Å². The number of hydrogen-bond donors (Lipinski definition) is 1. The van der Waals surface area contributed by atoms with Gasteiger partial charge >= 0.3 is 0 Å². The van der Waals surface area contributed by atoms with Crippen molar-refractivity contribution >= 4 is 21.8 Å². The number of sulfonamides is 1. The maximum absolute atomic E-state index is 12.4. The highest BCUT2D eigenvalue weighted by Crippen LogP contribution is 2.29. The van der Waals surface area contributed by atoms with Gasteiger partial charge in [-0.15, -0.1) is 0 Å². The lowest BCUT2D eigenvalue weighted by Gasteiger charge is -2.19. The molecule has 4 nitrogen and oxygen atoms in total. The number of nitriles is 1. The molecule has 0 radical (unpaired) electrons. The number of thioether (sulfide) groups is 1. The van der Waals surface area contributed by atoms with Gasteiger partial charge in [0.1, 0.15) is 6.07 Å². The molecular weight excluding hydrogens is 280 g/mol. The van der Waals surface area contributed by atoms with Crippen LogP contribution in [0.25, 0.3) is 0 Å². The van der Waals surface area contributed by atoms with E-state index in [1.165, 1.54) is 12.1 Å². The number of rotatable bonds is 4. The topological polar surface area (TPSA) is 70.0 Å². The molecule has 2 atom stereocenters. The summed E-state index contributed by atoms with van der Waals surface area (Å²) >= 11 is 1.69. The molecule has 0 amide bonds. The molecule has 1 aromatic rings. The van der Waals surface area contributed by atoms with E-state index < -0.39 is 10.0 Å². The fourth-order valence-electron chi connectivity index (χ4n) is 2.40. The van der Waals surface area contributed by atoms with E-state index in [1.807, 2.05) is 12.3 Å². The molecule has 0 bridgehead atoms. The molecule has 0 aromatic heterocycles. The Morgan fingerprint density at radius 2 is 2.11 bits per heavy atom. The highest BCUT2D eigenvalue weighted by atomic mass is 32.2. The van der Waals surface area contributed by atoms with Crippen molar-refractivity contribution < 1.29 is 8.42 Å². The molecule has 1 aromatic carbocycles. The first kappa shape index (κ1) is 14.4. The average Bonchev–Trinajstić information content (AvgIpc) is 2.85. The van der Waals surface area contributed by atoms with Gasteiger partial charge in [0.25, 0.3) is 0 Å². The summed E-state index contributed by atoms with van der Waals surface area (Å²) in [7, 11) is -3.62. The van der Waals surface area contributed by atoms with Crippen molar-refractivity contribution in [2.45, 2.75) is 35.4 Å². The van der Waals surface area contributed by atoms with E-state index >= 15 is 0 Å². The van der Waals surface area contributed by atoms with Crippen LogP contribution in [0.15, 0.2) is 29.2 Å². The maximum Gasteiger partial charge on any atom is 0.242 e. The Morgan fingerprint density at radius 3 is 2.79 bits per heavy atom. The Kier molecular flexibility index (Phi) is 4.50. The number of hydrogen-bond acceptors (Lipinski definition) is 4. The molecule has 1 fully saturated rings. The Bertz CT molecular complexity index is 593. The molecule has 0 spiro atoms. The van der Waals surface area contributed by atoms with E-state index in [1.54, 1.807) is 23.9 Å². The molecule has 1 aliphatic carbocycles. The van der Waals surface area contributed by atoms with Gasteiger partial charge in [-0.25, -0.2) is 13.1 Å². The molecule has 2 unspecified atom stereocenters. The molecule has 19 heavy (non-hydrogen) atoms. The molecule has 102 valence electrons. The van der Waals surface area contributed by atoms with Crippen molar-refractivity contribution in [3.05, 3.63) is 29.8 Å². The minimum atomic E-state index is -3.62. The predicted molar refractivity (Wildman–Crippen MR) is 76.4 cm³/mol. The molecule has 2 rings (SSSR count). The van der Waals surface area contributed by atoms with Gasteiger partial charge < -0.3 is 0 Å². The molecule has 0 saturated heterocycles. The monoisotopic (exact) mass is 296 g/mol. The zero-order valence-corrected chi connectivity index (χ0v) is 12.3. The summed E-state index contributed by atoms with van der Waals surface area (Å²) in [6.07, 6.45) is 4.94. The third-order valence-corrected chi connectivity index (χ3v) is 6.08. The first-order valence-electron chi connectivity index (χ1n) is 6.12. The number of benzene rings is 1. The van der Waals surface area contributed by atoms with Crippen LogP contribution in [-0.2, 0) is 10.0 Å². The highest BCUT2D eigenvalue weighted by Gasteiger charge is 2.31. The van der Waals surface area contributed by atoms with E-state index in [-0.39, 0.29) is 16.5 Å². The van der Waals surface area contributed by atoms with Crippen LogP contribution in [0.4, 0.5) is 0 Å². The lowest BCUT2D eigenvalue weighted by molar-refractivity contribution is 0.555. The van der Waals surface area contributed by atoms with Crippen molar-refractivity contribution in [2.75, 3.05) is 6.26 Å². The van der Waals surface area contributed by atoms with Crippen LogP contribution in [0.3, 0.4) is 0 Å². The van der Waals surface area contributed by atoms with Gasteiger partial charge in [0.2, 0.25) is 10.0 Å². The van der Waals surface area contributed by atoms with Gasteiger partial charge in [0, 0.05) is 11.3 Å². The summed E-state index contributed by atoms with van der Waals surface area (Å²) in [5.74, 6) is 0. The smallest absolute Gasteiger partial charge is 0.207 e. The Morgan fingerprint density at radius 1 is 1.37 bits per heavy atom. The summed E-state index contributed by atoms with van der Waals surface area (Å²) in [4.78, 5) is 0.0734. The molecule has 6 heteroatoms. The van der Waals surface area contributed by atoms with E-state index in [2.05, 4.69) is 4.72 Å². The van der Waals surface area contributed by atoms with Crippen molar-refractivity contribution in [3.8, 4) is 6.07 Å². The van der Waals surface area contributed by atoms with Crippen LogP contribution >= 0.6 is 11.8 Å². The van der Waals surface area contributed by atoms with Crippen molar-refractivity contribution in [1.29, 1.82) is 5.26 Å². The lowest BCUT2D eigenvalue weighted by atomic mass is 10.2. The third-order valence-electron chi connectivity index (χ3n) is 3.36. The van der Waals surface area contributed by atoms with Crippen LogP contribution < -0.4 is 4.72 Å². The van der Waals surface area contributed by atoms with E-state index in [0.717, 1.165) is 19.3 Å². The molecule has 0 aliphatic heterocycles. The van der Waals surface area contributed by atoms with Gasteiger partial charge in [-0.1, -0.05) is 18.6 Å². The Labute approximate surface area is 118 Å². The second kappa shape index (κ2) is 5.95. The molecular formula is C13H16N2O2S2. The second-order valence-corrected chi connectivity index (χ2v) is 7.30. The summed E-state index contributed by atoms with van der Waals surface area (Å²) in [6.45, 7) is 0. The van der Waals surface area contributed by atoms with Crippen LogP contribution in [0.1, 0.15) is 24.8 Å². The number of nitrogens with zero attached hydrogens (tertiary/aromatic N) is 1. The van der Waals surface area contributed by atoms with Crippen molar-refractivity contribution in [3.63, 3.8) is 0 Å². The maximum atomic E-state index is 12.4. The highest BCUT2D eigenvalue weighted by molar-refractivity contribution is 7.99. The molecule has 1 N–H and O–H groups in total. The summed E-state index contributed by atoms with van der Waals surface area (Å²) in [5, 5.41) is 9.32. The lowest BCUT2D eigenvalue weighted by Crippen LogP contribution is -2.38. The first-order valence-corrected chi connectivity index (χ1v) is 8.90. The van der Waals surface area contributed by atoms with Gasteiger partial charge in [-0.05, 0) is 31.2 Å². The number of nitrogens with one attached hydrogen (secondary N) is 1. The van der Waals surface area contributed by atoms with Crippen LogP contribution in [0.5, 0.6) is 0 Å². The largest absolute Gasteiger partial charge is 0.242 e. The fraction of sp³-hybridized carbons (Fsp3) is 0.462. The van der Waals surface area contributed by atoms with Crippen molar-refractivity contribution in [2.24, 2.45) is 0 Å². The van der Waals surface area contributed by atoms with Crippen LogP contribution in [0, 0.1) is 11.3 Å². The summed E-state index contributed by atoms with van der Waals surface area (Å²) in [5.41, 5.74) is 0.189. The Balaban J connectivity index is 2.26. The standard InChI is InChI=1S/C13H16N2O2S2/c1-18-12-7-4-6-11(12)15-19(16,17)13-8-3-2-5-10(13)9-14/h2-3,5,8,11-12,15H,4,6-7H2,1H3. The zero-order chi connectivity index (χ0) is 13.9. The first-order chi connectivity index (χ1) is 9.08. The minimum Gasteiger partial charge on any atom is -0.207 e. The van der Waals surface area contributed by atoms with E-state index in [0.29, 0.717) is 5.25 Å². The second-order valence-electron chi connectivity index (χ2n) is 4.54. The molecule has 0 heterocycles. The minimum absolute atomic E-state index is 0.0354. The fourth-order valence-corrected chi connectivity index (χ4v) is 4.89. The van der Waals surface area contributed by atoms with Crippen LogP contribution in [0.2, 0.25) is 0 Å². The van der Waals surface area contributed by atoms with Crippen molar-refractivity contribution in [1.82, 2.24) is 4.72 Å². The quantitative estimate of drug-likeness (QED) is 0.924. The molecule has 1 saturated carbocycles.